The lowest BCUT2D eigenvalue weighted by Gasteiger charge is -2.32. The van der Waals surface area contributed by atoms with Gasteiger partial charge in [-0.25, -0.2) is 0 Å². The second-order valence-electron chi connectivity index (χ2n) is 4.03. The first-order valence-corrected chi connectivity index (χ1v) is 6.16. The van der Waals surface area contributed by atoms with Gasteiger partial charge in [-0.2, -0.15) is 0 Å². The fraction of sp³-hybridized carbons (Fsp3) is 0.333. The van der Waals surface area contributed by atoms with Gasteiger partial charge in [0.15, 0.2) is 0 Å². The molecule has 0 fully saturated rings. The highest BCUT2D eigenvalue weighted by Gasteiger charge is 2.37. The van der Waals surface area contributed by atoms with E-state index in [4.69, 9.17) is 5.11 Å². The summed E-state index contributed by atoms with van der Waals surface area (Å²) in [6, 6.07) is 7.52. The van der Waals surface area contributed by atoms with Gasteiger partial charge < -0.3 is 10.0 Å². The summed E-state index contributed by atoms with van der Waals surface area (Å²) in [6.45, 7) is 1.57. The zero-order chi connectivity index (χ0) is 12.6. The second-order valence-corrected chi connectivity index (χ2v) is 5.21. The molecule has 0 saturated carbocycles. The maximum absolute atomic E-state index is 12.1. The van der Waals surface area contributed by atoms with Crippen LogP contribution in [0.15, 0.2) is 29.2 Å². The standard InChI is InChI=1S/C12H13NO3S/c1-7(12(15)16)10-11(14)13(2)8-5-3-4-6-9(8)17-10/h3-7,10H,1-2H3,(H,15,16). The zero-order valence-electron chi connectivity index (χ0n) is 9.58. The number of thioether (sulfide) groups is 1. The van der Waals surface area contributed by atoms with E-state index >= 15 is 0 Å². The fourth-order valence-corrected chi connectivity index (χ4v) is 3.11. The third-order valence-corrected chi connectivity index (χ3v) is 4.36. The lowest BCUT2D eigenvalue weighted by Crippen LogP contribution is -2.43. The van der Waals surface area contributed by atoms with Gasteiger partial charge in [0.1, 0.15) is 5.25 Å². The molecule has 1 aromatic carbocycles. The average Bonchev–Trinajstić information content (AvgIpc) is 2.33. The molecule has 17 heavy (non-hydrogen) atoms. The topological polar surface area (TPSA) is 57.6 Å². The van der Waals surface area contributed by atoms with E-state index < -0.39 is 17.1 Å². The number of hydrogen-bond acceptors (Lipinski definition) is 3. The van der Waals surface area contributed by atoms with Gasteiger partial charge in [0.25, 0.3) is 0 Å². The molecule has 0 spiro atoms. The highest BCUT2D eigenvalue weighted by atomic mass is 32.2. The molecule has 2 atom stereocenters. The summed E-state index contributed by atoms with van der Waals surface area (Å²) in [5.41, 5.74) is 0.844. The van der Waals surface area contributed by atoms with Gasteiger partial charge in [0.05, 0.1) is 11.6 Å². The lowest BCUT2D eigenvalue weighted by molar-refractivity contribution is -0.142. The highest BCUT2D eigenvalue weighted by Crippen LogP contribution is 2.40. The molecule has 0 aromatic heterocycles. The number of anilines is 1. The summed E-state index contributed by atoms with van der Waals surface area (Å²) in [4.78, 5) is 25.5. The molecule has 4 nitrogen and oxygen atoms in total. The molecule has 0 saturated heterocycles. The van der Waals surface area contributed by atoms with Gasteiger partial charge in [-0.15, -0.1) is 11.8 Å². The van der Waals surface area contributed by atoms with Crippen LogP contribution in [-0.2, 0) is 9.59 Å². The van der Waals surface area contributed by atoms with Crippen LogP contribution in [0.1, 0.15) is 6.92 Å². The first-order chi connectivity index (χ1) is 8.02. The predicted octanol–water partition coefficient (Wildman–Crippen LogP) is 1.84. The van der Waals surface area contributed by atoms with Crippen LogP contribution in [0.5, 0.6) is 0 Å². The van der Waals surface area contributed by atoms with Crippen molar-refractivity contribution in [2.75, 3.05) is 11.9 Å². The Labute approximate surface area is 104 Å². The summed E-state index contributed by atoms with van der Waals surface area (Å²) >= 11 is 1.33. The third-order valence-electron chi connectivity index (χ3n) is 2.90. The normalized spacial score (nSPS) is 20.9. The van der Waals surface area contributed by atoms with Crippen molar-refractivity contribution in [3.8, 4) is 0 Å². The molecule has 0 radical (unpaired) electrons. The molecule has 0 bridgehead atoms. The molecule has 2 rings (SSSR count). The molecule has 1 heterocycles. The Hall–Kier alpha value is -1.49. The van der Waals surface area contributed by atoms with Crippen molar-refractivity contribution in [3.05, 3.63) is 24.3 Å². The monoisotopic (exact) mass is 251 g/mol. The summed E-state index contributed by atoms with van der Waals surface area (Å²) in [7, 11) is 1.68. The van der Waals surface area contributed by atoms with E-state index in [1.807, 2.05) is 24.3 Å². The molecule has 0 aliphatic carbocycles. The number of carbonyl (C=O) groups is 2. The van der Waals surface area contributed by atoms with Crippen molar-refractivity contribution in [1.29, 1.82) is 0 Å². The molecule has 1 aromatic rings. The average molecular weight is 251 g/mol. The molecular weight excluding hydrogens is 238 g/mol. The molecule has 2 unspecified atom stereocenters. The summed E-state index contributed by atoms with van der Waals surface area (Å²) in [6.07, 6.45) is 0. The molecular formula is C12H13NO3S. The van der Waals surface area contributed by atoms with E-state index in [1.54, 1.807) is 14.0 Å². The third kappa shape index (κ3) is 2.02. The fourth-order valence-electron chi connectivity index (χ4n) is 1.78. The minimum Gasteiger partial charge on any atom is -0.481 e. The van der Waals surface area contributed by atoms with Crippen molar-refractivity contribution in [2.45, 2.75) is 17.1 Å². The number of para-hydroxylation sites is 1. The molecule has 1 aliphatic rings. The number of hydrogen-bond donors (Lipinski definition) is 1. The van der Waals surface area contributed by atoms with Crippen molar-refractivity contribution in [1.82, 2.24) is 0 Å². The Morgan fingerprint density at radius 1 is 1.47 bits per heavy atom. The molecule has 1 N–H and O–H groups in total. The maximum atomic E-state index is 12.1. The first-order valence-electron chi connectivity index (χ1n) is 5.28. The maximum Gasteiger partial charge on any atom is 0.307 e. The van der Waals surface area contributed by atoms with Crippen LogP contribution in [0.25, 0.3) is 0 Å². The number of amides is 1. The van der Waals surface area contributed by atoms with E-state index in [0.717, 1.165) is 10.6 Å². The zero-order valence-corrected chi connectivity index (χ0v) is 10.4. The largest absolute Gasteiger partial charge is 0.481 e. The van der Waals surface area contributed by atoms with Gasteiger partial charge >= 0.3 is 5.97 Å². The summed E-state index contributed by atoms with van der Waals surface area (Å²) in [5.74, 6) is -1.78. The second kappa shape index (κ2) is 4.41. The smallest absolute Gasteiger partial charge is 0.307 e. The van der Waals surface area contributed by atoms with Gasteiger partial charge in [-0.3, -0.25) is 9.59 Å². The molecule has 5 heteroatoms. The Balaban J connectivity index is 2.37. The van der Waals surface area contributed by atoms with Crippen LogP contribution < -0.4 is 4.90 Å². The number of carboxylic acids is 1. The van der Waals surface area contributed by atoms with Gasteiger partial charge in [0.2, 0.25) is 5.91 Å². The van der Waals surface area contributed by atoms with Gasteiger partial charge in [-0.1, -0.05) is 19.1 Å². The minimum atomic E-state index is -0.941. The van der Waals surface area contributed by atoms with Crippen LogP contribution in [0, 0.1) is 5.92 Å². The Bertz CT molecular complexity index is 475. The highest BCUT2D eigenvalue weighted by molar-refractivity contribution is 8.01. The van der Waals surface area contributed by atoms with Crippen LogP contribution in [0.4, 0.5) is 5.69 Å². The molecule has 1 amide bonds. The van der Waals surface area contributed by atoms with Crippen molar-refractivity contribution in [3.63, 3.8) is 0 Å². The van der Waals surface area contributed by atoms with Crippen LogP contribution in [0.3, 0.4) is 0 Å². The van der Waals surface area contributed by atoms with E-state index in [9.17, 15) is 9.59 Å². The first kappa shape index (κ1) is 12.0. The number of carbonyl (C=O) groups excluding carboxylic acids is 1. The van der Waals surface area contributed by atoms with E-state index in [1.165, 1.54) is 16.7 Å². The summed E-state index contributed by atoms with van der Waals surface area (Å²) < 4.78 is 0. The Morgan fingerprint density at radius 2 is 2.12 bits per heavy atom. The quantitative estimate of drug-likeness (QED) is 0.871. The van der Waals surface area contributed by atoms with Gasteiger partial charge in [0, 0.05) is 11.9 Å². The van der Waals surface area contributed by atoms with Crippen LogP contribution in [-0.4, -0.2) is 29.3 Å². The van der Waals surface area contributed by atoms with E-state index in [-0.39, 0.29) is 5.91 Å². The van der Waals surface area contributed by atoms with Crippen molar-refractivity contribution in [2.24, 2.45) is 5.92 Å². The predicted molar refractivity (Wildman–Crippen MR) is 66.3 cm³/mol. The van der Waals surface area contributed by atoms with Crippen LogP contribution in [0.2, 0.25) is 0 Å². The Kier molecular flexibility index (Phi) is 3.11. The van der Waals surface area contributed by atoms with Crippen molar-refractivity contribution < 1.29 is 14.7 Å². The number of aliphatic carboxylic acids is 1. The van der Waals surface area contributed by atoms with E-state index in [0.29, 0.717) is 0 Å². The van der Waals surface area contributed by atoms with E-state index in [2.05, 4.69) is 0 Å². The summed E-state index contributed by atoms with van der Waals surface area (Å²) in [5, 5.41) is 8.45. The van der Waals surface area contributed by atoms with Crippen molar-refractivity contribution >= 4 is 29.3 Å². The number of rotatable bonds is 2. The number of benzene rings is 1. The SMILES string of the molecule is CC(C(=O)O)C1Sc2ccccc2N(C)C1=O. The Morgan fingerprint density at radius 3 is 2.76 bits per heavy atom. The van der Waals surface area contributed by atoms with Gasteiger partial charge in [-0.05, 0) is 12.1 Å². The number of fused-ring (bicyclic) bond motifs is 1. The van der Waals surface area contributed by atoms with Crippen LogP contribution >= 0.6 is 11.8 Å². The minimum absolute atomic E-state index is 0.149. The molecule has 90 valence electrons. The molecule has 1 aliphatic heterocycles. The number of nitrogens with zero attached hydrogens (tertiary/aromatic N) is 1. The number of carboxylic acid groups (broad SMARTS) is 1. The lowest BCUT2D eigenvalue weighted by atomic mass is 10.1.